The summed E-state index contributed by atoms with van der Waals surface area (Å²) in [5, 5.41) is 0.833. The fourth-order valence-corrected chi connectivity index (χ4v) is 2.97. The minimum atomic E-state index is 0.633. The molecule has 1 aromatic rings. The van der Waals surface area contributed by atoms with Gasteiger partial charge in [-0.2, -0.15) is 0 Å². The average molecular weight is 312 g/mol. The lowest BCUT2D eigenvalue weighted by molar-refractivity contribution is 0.300. The molecule has 0 saturated heterocycles. The normalized spacial score (nSPS) is 11.1. The van der Waals surface area contributed by atoms with Gasteiger partial charge in [0.15, 0.2) is 0 Å². The van der Waals surface area contributed by atoms with E-state index in [9.17, 15) is 0 Å². The molecule has 120 valence electrons. The third-order valence-corrected chi connectivity index (χ3v) is 4.36. The molecule has 0 aliphatic carbocycles. The van der Waals surface area contributed by atoms with Gasteiger partial charge in [-0.1, -0.05) is 31.5 Å². The van der Waals surface area contributed by atoms with Crippen molar-refractivity contribution in [3.63, 3.8) is 0 Å². The fourth-order valence-electron chi connectivity index (χ4n) is 2.71. The summed E-state index contributed by atoms with van der Waals surface area (Å²) in [7, 11) is 0. The van der Waals surface area contributed by atoms with Crippen molar-refractivity contribution >= 4 is 17.3 Å². The molecule has 1 rings (SSSR count). The van der Waals surface area contributed by atoms with Crippen LogP contribution in [0.1, 0.15) is 32.8 Å². The predicted molar refractivity (Wildman–Crippen MR) is 94.5 cm³/mol. The third kappa shape index (κ3) is 5.50. The Balaban J connectivity index is 2.73. The van der Waals surface area contributed by atoms with Crippen molar-refractivity contribution in [2.45, 2.75) is 33.6 Å². The zero-order valence-corrected chi connectivity index (χ0v) is 14.5. The van der Waals surface area contributed by atoms with Crippen LogP contribution >= 0.6 is 11.6 Å². The smallest absolute Gasteiger partial charge is 0.0459 e. The largest absolute Gasteiger partial charge is 0.371 e. The molecular formula is C17H30ClN3. The van der Waals surface area contributed by atoms with Gasteiger partial charge in [-0.05, 0) is 63.6 Å². The van der Waals surface area contributed by atoms with Gasteiger partial charge in [0.2, 0.25) is 0 Å². The van der Waals surface area contributed by atoms with Crippen molar-refractivity contribution in [2.24, 2.45) is 5.73 Å². The standard InChI is InChI=1S/C17H30ClN3/c1-4-20(5-2)13-8-14-21(6-3)17-10-7-9-16(18)15(17)11-12-19/h7,9-10H,4-6,8,11-14,19H2,1-3H3. The maximum atomic E-state index is 6.35. The monoisotopic (exact) mass is 311 g/mol. The number of hydrogen-bond acceptors (Lipinski definition) is 3. The predicted octanol–water partition coefficient (Wildman–Crippen LogP) is 3.40. The van der Waals surface area contributed by atoms with E-state index < -0.39 is 0 Å². The molecule has 0 spiro atoms. The molecule has 0 aromatic heterocycles. The Morgan fingerprint density at radius 1 is 1.05 bits per heavy atom. The number of benzene rings is 1. The zero-order valence-electron chi connectivity index (χ0n) is 13.7. The molecular weight excluding hydrogens is 282 g/mol. The zero-order chi connectivity index (χ0) is 15.7. The van der Waals surface area contributed by atoms with Gasteiger partial charge in [0.25, 0.3) is 0 Å². The molecule has 0 amide bonds. The van der Waals surface area contributed by atoms with Crippen molar-refractivity contribution in [3.05, 3.63) is 28.8 Å². The second kappa shape index (κ2) is 10.0. The molecule has 0 aliphatic heterocycles. The van der Waals surface area contributed by atoms with Crippen LogP contribution in [-0.4, -0.2) is 44.2 Å². The highest BCUT2D eigenvalue weighted by Crippen LogP contribution is 2.28. The van der Waals surface area contributed by atoms with Gasteiger partial charge in [-0.25, -0.2) is 0 Å². The first-order chi connectivity index (χ1) is 10.2. The topological polar surface area (TPSA) is 32.5 Å². The van der Waals surface area contributed by atoms with Crippen LogP contribution in [0.4, 0.5) is 5.69 Å². The number of rotatable bonds is 10. The lowest BCUT2D eigenvalue weighted by Crippen LogP contribution is -2.30. The second-order valence-corrected chi connectivity index (χ2v) is 5.64. The van der Waals surface area contributed by atoms with Gasteiger partial charge in [0, 0.05) is 23.8 Å². The highest BCUT2D eigenvalue weighted by atomic mass is 35.5. The molecule has 0 unspecified atom stereocenters. The van der Waals surface area contributed by atoms with Gasteiger partial charge in [-0.3, -0.25) is 0 Å². The molecule has 2 N–H and O–H groups in total. The van der Waals surface area contributed by atoms with Crippen LogP contribution in [0.15, 0.2) is 18.2 Å². The Labute approximate surface area is 135 Å². The number of nitrogens with zero attached hydrogens (tertiary/aromatic N) is 2. The Morgan fingerprint density at radius 2 is 1.76 bits per heavy atom. The molecule has 1 aromatic carbocycles. The Bertz CT molecular complexity index is 405. The molecule has 0 radical (unpaired) electrons. The van der Waals surface area contributed by atoms with E-state index in [0.29, 0.717) is 6.54 Å². The molecule has 0 bridgehead atoms. The molecule has 0 fully saturated rings. The number of halogens is 1. The van der Waals surface area contributed by atoms with Crippen LogP contribution in [0.2, 0.25) is 5.02 Å². The van der Waals surface area contributed by atoms with Gasteiger partial charge in [-0.15, -0.1) is 0 Å². The second-order valence-electron chi connectivity index (χ2n) is 5.24. The summed E-state index contributed by atoms with van der Waals surface area (Å²) >= 11 is 6.35. The summed E-state index contributed by atoms with van der Waals surface area (Å²) in [5.41, 5.74) is 8.16. The van der Waals surface area contributed by atoms with Crippen LogP contribution in [0.5, 0.6) is 0 Å². The van der Waals surface area contributed by atoms with E-state index in [0.717, 1.165) is 44.2 Å². The Hall–Kier alpha value is -0.770. The lowest BCUT2D eigenvalue weighted by atomic mass is 10.1. The SMILES string of the molecule is CCN(CC)CCCN(CC)c1cccc(Cl)c1CCN. The van der Waals surface area contributed by atoms with Crippen molar-refractivity contribution in [2.75, 3.05) is 44.2 Å². The van der Waals surface area contributed by atoms with Gasteiger partial charge in [0.05, 0.1) is 0 Å². The minimum absolute atomic E-state index is 0.633. The van der Waals surface area contributed by atoms with Gasteiger partial charge < -0.3 is 15.5 Å². The van der Waals surface area contributed by atoms with Crippen LogP contribution < -0.4 is 10.6 Å². The highest BCUT2D eigenvalue weighted by Gasteiger charge is 2.12. The van der Waals surface area contributed by atoms with E-state index in [4.69, 9.17) is 17.3 Å². The number of nitrogens with two attached hydrogens (primary N) is 1. The van der Waals surface area contributed by atoms with Crippen molar-refractivity contribution < 1.29 is 0 Å². The fraction of sp³-hybridized carbons (Fsp3) is 0.647. The first-order valence-corrected chi connectivity index (χ1v) is 8.50. The van der Waals surface area contributed by atoms with E-state index in [1.54, 1.807) is 0 Å². The molecule has 0 aliphatic rings. The molecule has 4 heteroatoms. The highest BCUT2D eigenvalue weighted by molar-refractivity contribution is 6.31. The Kier molecular flexibility index (Phi) is 8.74. The minimum Gasteiger partial charge on any atom is -0.371 e. The molecule has 0 atom stereocenters. The van der Waals surface area contributed by atoms with Crippen molar-refractivity contribution in [1.82, 2.24) is 4.90 Å². The van der Waals surface area contributed by atoms with E-state index in [1.807, 2.05) is 12.1 Å². The van der Waals surface area contributed by atoms with Gasteiger partial charge in [0.1, 0.15) is 0 Å². The van der Waals surface area contributed by atoms with Crippen LogP contribution in [-0.2, 0) is 6.42 Å². The maximum Gasteiger partial charge on any atom is 0.0459 e. The molecule has 3 nitrogen and oxygen atoms in total. The quantitative estimate of drug-likeness (QED) is 0.719. The van der Waals surface area contributed by atoms with E-state index in [1.165, 1.54) is 17.7 Å². The summed E-state index contributed by atoms with van der Waals surface area (Å²) in [5.74, 6) is 0. The van der Waals surface area contributed by atoms with E-state index >= 15 is 0 Å². The van der Waals surface area contributed by atoms with E-state index in [2.05, 4.69) is 36.6 Å². The van der Waals surface area contributed by atoms with Crippen LogP contribution in [0.25, 0.3) is 0 Å². The summed E-state index contributed by atoms with van der Waals surface area (Å²) in [6.07, 6.45) is 2.01. The average Bonchev–Trinajstić information content (AvgIpc) is 2.50. The Morgan fingerprint density at radius 3 is 2.33 bits per heavy atom. The summed E-state index contributed by atoms with van der Waals surface area (Å²) in [6.45, 7) is 12.7. The third-order valence-electron chi connectivity index (χ3n) is 4.01. The number of anilines is 1. The van der Waals surface area contributed by atoms with E-state index in [-0.39, 0.29) is 0 Å². The van der Waals surface area contributed by atoms with Gasteiger partial charge >= 0.3 is 0 Å². The summed E-state index contributed by atoms with van der Waals surface area (Å²) in [4.78, 5) is 4.88. The summed E-state index contributed by atoms with van der Waals surface area (Å²) < 4.78 is 0. The first kappa shape index (κ1) is 18.3. The maximum absolute atomic E-state index is 6.35. The number of hydrogen-bond donors (Lipinski definition) is 1. The van der Waals surface area contributed by atoms with Crippen LogP contribution in [0.3, 0.4) is 0 Å². The molecule has 0 saturated carbocycles. The van der Waals surface area contributed by atoms with Crippen molar-refractivity contribution in [1.29, 1.82) is 0 Å². The summed E-state index contributed by atoms with van der Waals surface area (Å²) in [6, 6.07) is 6.16. The van der Waals surface area contributed by atoms with Crippen LogP contribution in [0, 0.1) is 0 Å². The van der Waals surface area contributed by atoms with Crippen molar-refractivity contribution in [3.8, 4) is 0 Å². The molecule has 21 heavy (non-hydrogen) atoms. The molecule has 0 heterocycles. The first-order valence-electron chi connectivity index (χ1n) is 8.12. The lowest BCUT2D eigenvalue weighted by Gasteiger charge is -2.27.